The van der Waals surface area contributed by atoms with Crippen molar-refractivity contribution >= 4 is 27.0 Å². The van der Waals surface area contributed by atoms with Crippen molar-refractivity contribution in [1.29, 1.82) is 0 Å². The molecule has 0 fully saturated rings. The van der Waals surface area contributed by atoms with Gasteiger partial charge in [-0.2, -0.15) is 0 Å². The first-order valence-electron chi connectivity index (χ1n) is 11.4. The number of methoxy groups -OCH3 is 1. The average molecular weight is 472 g/mol. The molecule has 1 heterocycles. The molecule has 0 aromatic heterocycles. The van der Waals surface area contributed by atoms with Crippen LogP contribution in [0.25, 0.3) is 0 Å². The highest BCUT2D eigenvalue weighted by atomic mass is 32.2. The van der Waals surface area contributed by atoms with E-state index in [1.807, 2.05) is 30.3 Å². The van der Waals surface area contributed by atoms with Crippen LogP contribution in [-0.2, 0) is 14.6 Å². The maximum Gasteiger partial charge on any atom is 0.181 e. The first-order chi connectivity index (χ1) is 15.7. The van der Waals surface area contributed by atoms with Crippen molar-refractivity contribution < 1.29 is 22.7 Å². The number of unbranched alkanes of at least 4 members (excludes halogenated alkanes) is 1. The summed E-state index contributed by atoms with van der Waals surface area (Å²) in [7, 11) is -2.11. The predicted octanol–water partition coefficient (Wildman–Crippen LogP) is 5.69. The second-order valence-corrected chi connectivity index (χ2v) is 10.6. The van der Waals surface area contributed by atoms with E-state index in [0.29, 0.717) is 18.0 Å². The smallest absolute Gasteiger partial charge is 0.181 e. The fraction of sp³-hybridized carbons (Fsp3) is 0.423. The summed E-state index contributed by atoms with van der Waals surface area (Å²) in [6, 6.07) is 13.1. The zero-order chi connectivity index (χ0) is 24.1. The number of anilines is 2. The van der Waals surface area contributed by atoms with Crippen LogP contribution in [0.3, 0.4) is 0 Å². The lowest BCUT2D eigenvalue weighted by Gasteiger charge is -2.36. The van der Waals surface area contributed by atoms with Crippen LogP contribution in [-0.4, -0.2) is 33.6 Å². The van der Waals surface area contributed by atoms with Gasteiger partial charge in [0.2, 0.25) is 0 Å². The Balaban J connectivity index is 2.22. The summed E-state index contributed by atoms with van der Waals surface area (Å²) in [5.41, 5.74) is 1.12. The zero-order valence-electron chi connectivity index (χ0n) is 19.8. The van der Waals surface area contributed by atoms with E-state index >= 15 is 0 Å². The molecule has 0 radical (unpaired) electrons. The molecule has 0 amide bonds. The van der Waals surface area contributed by atoms with Crippen molar-refractivity contribution in [2.75, 3.05) is 24.3 Å². The van der Waals surface area contributed by atoms with Gasteiger partial charge in [0, 0.05) is 35.9 Å². The summed E-state index contributed by atoms with van der Waals surface area (Å²) in [5.74, 6) is 0.552. The van der Waals surface area contributed by atoms with Crippen LogP contribution < -0.4 is 14.4 Å². The SMILES string of the molecule is CCCCC1(CC)CN(c2ccccc2)c2cc(OC)c(O/C=C/C(C)=O)cc2S(=O)(=O)C1. The molecule has 2 aromatic carbocycles. The van der Waals surface area contributed by atoms with Crippen LogP contribution in [0.5, 0.6) is 11.5 Å². The number of carbonyl (C=O) groups is 1. The number of fused-ring (bicyclic) bond motifs is 1. The number of ether oxygens (including phenoxy) is 2. The molecule has 1 aliphatic heterocycles. The Morgan fingerprint density at radius 3 is 2.48 bits per heavy atom. The van der Waals surface area contributed by atoms with Crippen molar-refractivity contribution in [2.45, 2.75) is 51.3 Å². The van der Waals surface area contributed by atoms with Crippen LogP contribution >= 0.6 is 0 Å². The highest BCUT2D eigenvalue weighted by Crippen LogP contribution is 2.47. The molecule has 178 valence electrons. The van der Waals surface area contributed by atoms with Crippen molar-refractivity contribution in [3.05, 3.63) is 54.8 Å². The molecule has 0 saturated heterocycles. The molecule has 0 aliphatic carbocycles. The van der Waals surface area contributed by atoms with Gasteiger partial charge in [0.1, 0.15) is 0 Å². The number of nitrogens with zero attached hydrogens (tertiary/aromatic N) is 1. The minimum Gasteiger partial charge on any atom is -0.493 e. The first-order valence-corrected chi connectivity index (χ1v) is 13.0. The molecule has 7 heteroatoms. The van der Waals surface area contributed by atoms with E-state index in [9.17, 15) is 13.2 Å². The lowest BCUT2D eigenvalue weighted by Crippen LogP contribution is -2.37. The van der Waals surface area contributed by atoms with Gasteiger partial charge in [-0.05, 0) is 31.9 Å². The minimum absolute atomic E-state index is 0.0713. The van der Waals surface area contributed by atoms with E-state index < -0.39 is 9.84 Å². The van der Waals surface area contributed by atoms with Gasteiger partial charge in [-0.1, -0.05) is 44.9 Å². The monoisotopic (exact) mass is 471 g/mol. The van der Waals surface area contributed by atoms with Crippen LogP contribution in [0.15, 0.2) is 59.7 Å². The molecule has 1 atom stereocenters. The third-order valence-corrected chi connectivity index (χ3v) is 8.23. The Hall–Kier alpha value is -2.80. The summed E-state index contributed by atoms with van der Waals surface area (Å²) >= 11 is 0. The quantitative estimate of drug-likeness (QED) is 0.346. The summed E-state index contributed by atoms with van der Waals surface area (Å²) in [6.07, 6.45) is 6.10. The number of para-hydroxylation sites is 1. The van der Waals surface area contributed by atoms with E-state index in [4.69, 9.17) is 9.47 Å². The summed E-state index contributed by atoms with van der Waals surface area (Å²) in [4.78, 5) is 13.6. The highest BCUT2D eigenvalue weighted by Gasteiger charge is 2.42. The molecule has 0 saturated carbocycles. The largest absolute Gasteiger partial charge is 0.493 e. The lowest BCUT2D eigenvalue weighted by atomic mass is 9.81. The molecule has 3 rings (SSSR count). The minimum atomic E-state index is -3.63. The van der Waals surface area contributed by atoms with E-state index in [1.54, 1.807) is 6.07 Å². The van der Waals surface area contributed by atoms with E-state index in [0.717, 1.165) is 31.4 Å². The molecule has 0 N–H and O–H groups in total. The van der Waals surface area contributed by atoms with Crippen molar-refractivity contribution in [3.63, 3.8) is 0 Å². The Bertz CT molecular complexity index is 1110. The van der Waals surface area contributed by atoms with Gasteiger partial charge >= 0.3 is 0 Å². The molecule has 2 aromatic rings. The fourth-order valence-corrected chi connectivity index (χ4v) is 6.50. The van der Waals surface area contributed by atoms with Gasteiger partial charge in [-0.25, -0.2) is 8.42 Å². The number of carbonyl (C=O) groups excluding carboxylic acids is 1. The average Bonchev–Trinajstić information content (AvgIpc) is 2.90. The molecular weight excluding hydrogens is 438 g/mol. The van der Waals surface area contributed by atoms with Gasteiger partial charge in [0.05, 0.1) is 29.7 Å². The fourth-order valence-electron chi connectivity index (χ4n) is 4.32. The second-order valence-electron chi connectivity index (χ2n) is 8.64. The summed E-state index contributed by atoms with van der Waals surface area (Å²) < 4.78 is 38.6. The Morgan fingerprint density at radius 1 is 1.15 bits per heavy atom. The third kappa shape index (κ3) is 5.58. The van der Waals surface area contributed by atoms with Crippen molar-refractivity contribution in [3.8, 4) is 11.5 Å². The predicted molar refractivity (Wildman–Crippen MR) is 131 cm³/mol. The Kier molecular flexibility index (Phi) is 7.84. The molecule has 6 nitrogen and oxygen atoms in total. The maximum absolute atomic E-state index is 13.7. The molecule has 33 heavy (non-hydrogen) atoms. The number of hydrogen-bond donors (Lipinski definition) is 0. The second kappa shape index (κ2) is 10.4. The molecule has 1 unspecified atom stereocenters. The highest BCUT2D eigenvalue weighted by molar-refractivity contribution is 7.91. The van der Waals surface area contributed by atoms with E-state index in [1.165, 1.54) is 32.4 Å². The van der Waals surface area contributed by atoms with E-state index in [2.05, 4.69) is 18.7 Å². The number of allylic oxidation sites excluding steroid dienone is 1. The number of benzene rings is 2. The topological polar surface area (TPSA) is 72.9 Å². The normalized spacial score (nSPS) is 19.7. The zero-order valence-corrected chi connectivity index (χ0v) is 20.7. The van der Waals surface area contributed by atoms with Gasteiger partial charge < -0.3 is 14.4 Å². The Morgan fingerprint density at radius 2 is 1.88 bits per heavy atom. The number of sulfone groups is 1. The third-order valence-electron chi connectivity index (χ3n) is 6.24. The molecule has 0 bridgehead atoms. The van der Waals surface area contributed by atoms with E-state index in [-0.39, 0.29) is 27.6 Å². The van der Waals surface area contributed by atoms with Crippen molar-refractivity contribution in [1.82, 2.24) is 0 Å². The van der Waals surface area contributed by atoms with Crippen LogP contribution in [0.2, 0.25) is 0 Å². The Labute approximate surface area is 197 Å². The van der Waals surface area contributed by atoms with Gasteiger partial charge in [0.15, 0.2) is 27.1 Å². The summed E-state index contributed by atoms with van der Waals surface area (Å²) in [6.45, 7) is 6.21. The van der Waals surface area contributed by atoms with Crippen molar-refractivity contribution in [2.24, 2.45) is 5.41 Å². The number of hydrogen-bond acceptors (Lipinski definition) is 6. The maximum atomic E-state index is 13.7. The van der Waals surface area contributed by atoms with Gasteiger partial charge in [0.25, 0.3) is 0 Å². The number of rotatable bonds is 9. The standard InChI is InChI=1S/C26H33NO5S/c1-5-7-14-26(6-2)18-27(21-11-9-8-10-12-21)22-16-23(31-4)24(32-15-13-20(3)28)17-25(22)33(29,30)19-26/h8-13,15-17H,5-7,14,18-19H2,1-4H3/b15-13+. The van der Waals surface area contributed by atoms with Crippen LogP contribution in [0.1, 0.15) is 46.5 Å². The van der Waals surface area contributed by atoms with Gasteiger partial charge in [-0.3, -0.25) is 4.79 Å². The lowest BCUT2D eigenvalue weighted by molar-refractivity contribution is -0.112. The summed E-state index contributed by atoms with van der Waals surface area (Å²) in [5, 5.41) is 0. The van der Waals surface area contributed by atoms with Gasteiger partial charge in [-0.15, -0.1) is 0 Å². The first kappa shape index (κ1) is 24.8. The van der Waals surface area contributed by atoms with Crippen LogP contribution in [0.4, 0.5) is 11.4 Å². The molecular formula is C26H33NO5S. The molecule has 0 spiro atoms. The number of ketones is 1. The van der Waals surface area contributed by atoms with Crippen LogP contribution in [0, 0.1) is 5.41 Å². The molecule has 1 aliphatic rings.